The zero-order valence-electron chi connectivity index (χ0n) is 18.5. The number of nitriles is 1. The first-order valence-electron chi connectivity index (χ1n) is 11.0. The summed E-state index contributed by atoms with van der Waals surface area (Å²) in [6.07, 6.45) is 3.51. The van der Waals surface area contributed by atoms with E-state index in [4.69, 9.17) is 15.7 Å². The summed E-state index contributed by atoms with van der Waals surface area (Å²) in [6.45, 7) is 4.06. The molecule has 8 heteroatoms. The number of aromatic nitrogens is 1. The van der Waals surface area contributed by atoms with Crippen molar-refractivity contribution in [1.82, 2.24) is 10.3 Å². The number of carbonyl (C=O) groups is 2. The van der Waals surface area contributed by atoms with Crippen LogP contribution in [-0.4, -0.2) is 28.9 Å². The minimum absolute atomic E-state index is 0.0166. The molecule has 0 radical (unpaired) electrons. The summed E-state index contributed by atoms with van der Waals surface area (Å²) in [7, 11) is 0. The number of aryl methyl sites for hydroxylation is 2. The number of thiophene rings is 1. The predicted octanol–water partition coefficient (Wildman–Crippen LogP) is 4.00. The molecule has 3 N–H and O–H groups in total. The highest BCUT2D eigenvalue weighted by atomic mass is 32.1. The van der Waals surface area contributed by atoms with Gasteiger partial charge in [-0.05, 0) is 74.8 Å². The molecule has 0 unspecified atom stereocenters. The van der Waals surface area contributed by atoms with Gasteiger partial charge in [-0.15, -0.1) is 11.3 Å². The van der Waals surface area contributed by atoms with Crippen molar-refractivity contribution in [3.63, 3.8) is 0 Å². The van der Waals surface area contributed by atoms with Crippen molar-refractivity contribution in [2.75, 3.05) is 0 Å². The van der Waals surface area contributed by atoms with Crippen LogP contribution in [0.5, 0.6) is 5.88 Å². The van der Waals surface area contributed by atoms with Crippen LogP contribution in [0.4, 0.5) is 0 Å². The summed E-state index contributed by atoms with van der Waals surface area (Å²) in [6, 6.07) is 10.7. The summed E-state index contributed by atoms with van der Waals surface area (Å²) in [5.74, 6) is -0.370. The number of rotatable bonds is 5. The number of nitrogens with zero attached hydrogens (tertiary/aromatic N) is 2. The average Bonchev–Trinajstić information content (AvgIpc) is 3.02. The maximum Gasteiger partial charge on any atom is 0.254 e. The number of benzene rings is 1. The molecule has 2 aliphatic rings. The molecule has 7 nitrogen and oxygen atoms in total. The van der Waals surface area contributed by atoms with E-state index in [0.717, 1.165) is 46.3 Å². The monoisotopic (exact) mass is 460 g/mol. The van der Waals surface area contributed by atoms with E-state index in [1.807, 2.05) is 13.8 Å². The van der Waals surface area contributed by atoms with Crippen LogP contribution in [0, 0.1) is 30.6 Å². The molecule has 0 saturated heterocycles. The van der Waals surface area contributed by atoms with Crippen molar-refractivity contribution in [1.29, 1.82) is 5.26 Å². The second-order valence-electron chi connectivity index (χ2n) is 9.25. The Morgan fingerprint density at radius 3 is 2.70 bits per heavy atom. The molecule has 3 aromatic rings. The fourth-order valence-electron chi connectivity index (χ4n) is 5.07. The maximum absolute atomic E-state index is 12.5. The lowest BCUT2D eigenvalue weighted by molar-refractivity contribution is -0.0847. The minimum atomic E-state index is -0.538. The molecule has 2 aromatic heterocycles. The van der Waals surface area contributed by atoms with Crippen molar-refractivity contribution in [2.24, 2.45) is 11.1 Å². The SMILES string of the molecule is Cc1sc2cc(C(N)=O)c(O[C@H]3CC4(C[C@H](NC(=O)c5cccc(C#N)c5)C4)C3)nc2c1C. The predicted molar refractivity (Wildman–Crippen MR) is 125 cm³/mol. The second kappa shape index (κ2) is 7.85. The van der Waals surface area contributed by atoms with E-state index in [9.17, 15) is 9.59 Å². The maximum atomic E-state index is 12.5. The quantitative estimate of drug-likeness (QED) is 0.597. The Labute approximate surface area is 195 Å². The molecule has 2 saturated carbocycles. The van der Waals surface area contributed by atoms with Crippen LogP contribution in [0.15, 0.2) is 30.3 Å². The van der Waals surface area contributed by atoms with Gasteiger partial charge in [0.05, 0.1) is 21.8 Å². The highest BCUT2D eigenvalue weighted by molar-refractivity contribution is 7.19. The fourth-order valence-corrected chi connectivity index (χ4v) is 6.12. The normalized spacial score (nSPS) is 23.4. The molecule has 2 aliphatic carbocycles. The number of ether oxygens (including phenoxy) is 1. The Morgan fingerprint density at radius 1 is 1.24 bits per heavy atom. The molecule has 2 fully saturated rings. The Kier molecular flexibility index (Phi) is 5.09. The molecule has 0 bridgehead atoms. The van der Waals surface area contributed by atoms with Gasteiger partial charge in [0.2, 0.25) is 5.88 Å². The van der Waals surface area contributed by atoms with Crippen molar-refractivity contribution in [3.8, 4) is 11.9 Å². The average molecular weight is 461 g/mol. The van der Waals surface area contributed by atoms with Gasteiger partial charge in [-0.1, -0.05) is 6.07 Å². The molecule has 0 aliphatic heterocycles. The number of amides is 2. The molecular formula is C25H24N4O3S. The number of nitrogens with two attached hydrogens (primary N) is 1. The number of primary amides is 1. The molecule has 5 rings (SSSR count). The minimum Gasteiger partial charge on any atom is -0.474 e. The number of carbonyl (C=O) groups excluding carboxylic acids is 2. The van der Waals surface area contributed by atoms with Crippen LogP contribution in [0.25, 0.3) is 10.2 Å². The summed E-state index contributed by atoms with van der Waals surface area (Å²) in [5.41, 5.74) is 9.02. The molecule has 168 valence electrons. The molecule has 0 atom stereocenters. The highest BCUT2D eigenvalue weighted by Gasteiger charge is 2.54. The van der Waals surface area contributed by atoms with E-state index in [0.29, 0.717) is 22.6 Å². The number of hydrogen-bond acceptors (Lipinski definition) is 6. The molecule has 2 amide bonds. The molecular weight excluding hydrogens is 436 g/mol. The second-order valence-corrected chi connectivity index (χ2v) is 10.5. The van der Waals surface area contributed by atoms with E-state index in [1.165, 1.54) is 0 Å². The van der Waals surface area contributed by atoms with Gasteiger partial charge in [-0.25, -0.2) is 4.98 Å². The summed E-state index contributed by atoms with van der Waals surface area (Å²) in [5, 5.41) is 12.1. The van der Waals surface area contributed by atoms with Crippen molar-refractivity contribution in [2.45, 2.75) is 51.7 Å². The topological polar surface area (TPSA) is 118 Å². The van der Waals surface area contributed by atoms with Crippen molar-refractivity contribution < 1.29 is 14.3 Å². The first-order valence-corrected chi connectivity index (χ1v) is 11.8. The van der Waals surface area contributed by atoms with Crippen LogP contribution in [0.2, 0.25) is 0 Å². The third-order valence-electron chi connectivity index (χ3n) is 6.91. The van der Waals surface area contributed by atoms with Gasteiger partial charge in [0, 0.05) is 16.5 Å². The standard InChI is InChI=1S/C25H24N4O3S/c1-13-14(2)33-20-7-19(22(27)30)24(29-21(13)20)32-18-10-25(11-18)8-17(9-25)28-23(31)16-5-3-4-15(6-16)12-26/h3-7,17-18H,8-11H2,1-2H3,(H2,27,30)(H,28,31)/t17-,18-,25?. The van der Waals surface area contributed by atoms with Crippen LogP contribution in [-0.2, 0) is 0 Å². The van der Waals surface area contributed by atoms with Gasteiger partial charge in [-0.3, -0.25) is 9.59 Å². The van der Waals surface area contributed by atoms with E-state index >= 15 is 0 Å². The lowest BCUT2D eigenvalue weighted by Crippen LogP contribution is -2.58. The van der Waals surface area contributed by atoms with Gasteiger partial charge < -0.3 is 15.8 Å². The molecule has 1 aromatic carbocycles. The fraction of sp³-hybridized carbons (Fsp3) is 0.360. The third-order valence-corrected chi connectivity index (χ3v) is 8.06. The van der Waals surface area contributed by atoms with Crippen LogP contribution < -0.4 is 15.8 Å². The number of fused-ring (bicyclic) bond motifs is 1. The Bertz CT molecular complexity index is 1330. The number of pyridine rings is 1. The van der Waals surface area contributed by atoms with Crippen molar-refractivity contribution >= 4 is 33.4 Å². The van der Waals surface area contributed by atoms with Crippen LogP contribution in [0.3, 0.4) is 0 Å². The Morgan fingerprint density at radius 2 is 2.00 bits per heavy atom. The van der Waals surface area contributed by atoms with Crippen LogP contribution >= 0.6 is 11.3 Å². The first kappa shape index (κ1) is 21.4. The Hall–Kier alpha value is -3.44. The Balaban J connectivity index is 1.20. The lowest BCUT2D eigenvalue weighted by Gasteiger charge is -2.57. The third kappa shape index (κ3) is 3.83. The number of nitrogens with one attached hydrogen (secondary N) is 1. The van der Waals surface area contributed by atoms with Gasteiger partial charge in [0.15, 0.2) is 0 Å². The largest absolute Gasteiger partial charge is 0.474 e. The van der Waals surface area contributed by atoms with Crippen molar-refractivity contribution in [3.05, 3.63) is 57.5 Å². The van der Waals surface area contributed by atoms with E-state index < -0.39 is 5.91 Å². The molecule has 2 heterocycles. The zero-order chi connectivity index (χ0) is 23.3. The van der Waals surface area contributed by atoms with Gasteiger partial charge >= 0.3 is 0 Å². The molecule has 33 heavy (non-hydrogen) atoms. The van der Waals surface area contributed by atoms with E-state index in [1.54, 1.807) is 41.7 Å². The molecule has 1 spiro atoms. The van der Waals surface area contributed by atoms with E-state index in [-0.39, 0.29) is 23.5 Å². The first-order chi connectivity index (χ1) is 15.8. The smallest absolute Gasteiger partial charge is 0.254 e. The summed E-state index contributed by atoms with van der Waals surface area (Å²) in [4.78, 5) is 30.3. The lowest BCUT2D eigenvalue weighted by atomic mass is 9.53. The van der Waals surface area contributed by atoms with Gasteiger partial charge in [0.1, 0.15) is 11.7 Å². The highest BCUT2D eigenvalue weighted by Crippen LogP contribution is 2.57. The van der Waals surface area contributed by atoms with Gasteiger partial charge in [-0.2, -0.15) is 5.26 Å². The van der Waals surface area contributed by atoms with Gasteiger partial charge in [0.25, 0.3) is 11.8 Å². The summed E-state index contributed by atoms with van der Waals surface area (Å²) >= 11 is 1.60. The van der Waals surface area contributed by atoms with E-state index in [2.05, 4.69) is 16.4 Å². The summed E-state index contributed by atoms with van der Waals surface area (Å²) < 4.78 is 7.07. The van der Waals surface area contributed by atoms with Crippen LogP contribution in [0.1, 0.15) is 62.4 Å². The number of hydrogen-bond donors (Lipinski definition) is 2. The zero-order valence-corrected chi connectivity index (χ0v) is 19.3.